The van der Waals surface area contributed by atoms with Gasteiger partial charge in [-0.15, -0.1) is 0 Å². The lowest BCUT2D eigenvalue weighted by Crippen LogP contribution is -2.29. The Morgan fingerprint density at radius 2 is 1.68 bits per heavy atom. The van der Waals surface area contributed by atoms with Gasteiger partial charge in [0.25, 0.3) is 0 Å². The summed E-state index contributed by atoms with van der Waals surface area (Å²) < 4.78 is 43.5. The predicted molar refractivity (Wildman–Crippen MR) is 144 cm³/mol. The van der Waals surface area contributed by atoms with Gasteiger partial charge < -0.3 is 14.8 Å². The van der Waals surface area contributed by atoms with Crippen LogP contribution in [0.25, 0.3) is 5.69 Å². The SMILES string of the molecule is CCc1ccc(N2C(=S)N[C@H](c3ccccn3)[C@@H]2c2cc(C)n(-c3ccccc3C(F)(F)F)c2C)cc1. The number of aryl methyl sites for hydroxylation is 2. The van der Waals surface area contributed by atoms with Crippen LogP contribution in [-0.4, -0.2) is 14.7 Å². The zero-order chi connectivity index (χ0) is 26.3. The third-order valence-electron chi connectivity index (χ3n) is 6.96. The minimum atomic E-state index is -4.47. The van der Waals surface area contributed by atoms with Crippen LogP contribution in [0.3, 0.4) is 0 Å². The Balaban J connectivity index is 1.69. The highest BCUT2D eigenvalue weighted by Gasteiger charge is 2.43. The van der Waals surface area contributed by atoms with Gasteiger partial charge in [-0.25, -0.2) is 0 Å². The number of hydrogen-bond donors (Lipinski definition) is 1. The van der Waals surface area contributed by atoms with Crippen molar-refractivity contribution in [3.8, 4) is 5.69 Å². The average Bonchev–Trinajstić information content (AvgIpc) is 3.39. The Morgan fingerprint density at radius 1 is 0.973 bits per heavy atom. The number of benzene rings is 2. The van der Waals surface area contributed by atoms with Gasteiger partial charge in [0.1, 0.15) is 0 Å². The molecule has 1 N–H and O–H groups in total. The van der Waals surface area contributed by atoms with Gasteiger partial charge in [0.2, 0.25) is 0 Å². The maximum absolute atomic E-state index is 13.9. The lowest BCUT2D eigenvalue weighted by molar-refractivity contribution is -0.137. The first-order valence-electron chi connectivity index (χ1n) is 12.2. The third kappa shape index (κ3) is 4.50. The molecule has 0 aliphatic carbocycles. The second-order valence-electron chi connectivity index (χ2n) is 9.19. The van der Waals surface area contributed by atoms with Crippen LogP contribution in [0.5, 0.6) is 0 Å². The molecule has 0 amide bonds. The Hall–Kier alpha value is -3.65. The van der Waals surface area contributed by atoms with Crippen molar-refractivity contribution in [3.63, 3.8) is 0 Å². The second kappa shape index (κ2) is 9.67. The first-order chi connectivity index (χ1) is 17.7. The van der Waals surface area contributed by atoms with Gasteiger partial charge in [0, 0.05) is 23.3 Å². The molecule has 37 heavy (non-hydrogen) atoms. The average molecular weight is 521 g/mol. The highest BCUT2D eigenvalue weighted by molar-refractivity contribution is 7.80. The van der Waals surface area contributed by atoms with E-state index in [4.69, 9.17) is 12.2 Å². The number of anilines is 1. The lowest BCUT2D eigenvalue weighted by Gasteiger charge is -2.28. The first-order valence-corrected chi connectivity index (χ1v) is 12.6. The summed E-state index contributed by atoms with van der Waals surface area (Å²) in [4.78, 5) is 6.64. The van der Waals surface area contributed by atoms with Gasteiger partial charge in [-0.05, 0) is 86.1 Å². The Morgan fingerprint density at radius 3 is 2.32 bits per heavy atom. The summed E-state index contributed by atoms with van der Waals surface area (Å²) in [6.45, 7) is 5.80. The Kier molecular flexibility index (Phi) is 6.54. The molecule has 5 rings (SSSR count). The molecule has 0 radical (unpaired) electrons. The molecule has 190 valence electrons. The number of para-hydroxylation sites is 1. The van der Waals surface area contributed by atoms with Crippen LogP contribution in [0.15, 0.2) is 79.0 Å². The number of hydrogen-bond acceptors (Lipinski definition) is 2. The zero-order valence-corrected chi connectivity index (χ0v) is 21.6. The summed E-state index contributed by atoms with van der Waals surface area (Å²) in [5.74, 6) is 0. The fraction of sp³-hybridized carbons (Fsp3) is 0.241. The van der Waals surface area contributed by atoms with E-state index in [0.717, 1.165) is 35.1 Å². The second-order valence-corrected chi connectivity index (χ2v) is 9.58. The molecule has 8 heteroatoms. The van der Waals surface area contributed by atoms with E-state index in [0.29, 0.717) is 10.8 Å². The molecule has 1 saturated heterocycles. The van der Waals surface area contributed by atoms with Crippen LogP contribution < -0.4 is 10.2 Å². The monoisotopic (exact) mass is 520 g/mol. The molecule has 1 aliphatic rings. The van der Waals surface area contributed by atoms with Crippen molar-refractivity contribution in [2.45, 2.75) is 45.5 Å². The standard InChI is InChI=1S/C29H27F3N4S/c1-4-20-12-14-21(15-13-20)36-27(26(34-28(36)37)24-10-7-8-16-33-24)22-17-18(2)35(19(22)3)25-11-6-5-9-23(25)29(30,31)32/h5-17,26-27H,4H2,1-3H3,(H,34,37)/t26-,27+/m1/s1. The highest BCUT2D eigenvalue weighted by Crippen LogP contribution is 2.44. The quantitative estimate of drug-likeness (QED) is 0.281. The summed E-state index contributed by atoms with van der Waals surface area (Å²) >= 11 is 5.82. The number of halogens is 3. The van der Waals surface area contributed by atoms with Gasteiger partial charge in [0.05, 0.1) is 29.0 Å². The molecular formula is C29H27F3N4S. The van der Waals surface area contributed by atoms with E-state index in [1.807, 2.05) is 50.2 Å². The van der Waals surface area contributed by atoms with Crippen molar-refractivity contribution >= 4 is 23.0 Å². The molecule has 0 unspecified atom stereocenters. The normalized spacial score (nSPS) is 17.8. The number of nitrogens with zero attached hydrogens (tertiary/aromatic N) is 3. The molecule has 1 aliphatic heterocycles. The van der Waals surface area contributed by atoms with Crippen molar-refractivity contribution in [2.75, 3.05) is 4.90 Å². The molecule has 4 nitrogen and oxygen atoms in total. The van der Waals surface area contributed by atoms with E-state index in [1.54, 1.807) is 16.8 Å². The third-order valence-corrected chi connectivity index (χ3v) is 7.27. The molecular weight excluding hydrogens is 493 g/mol. The molecule has 0 spiro atoms. The zero-order valence-electron chi connectivity index (χ0n) is 20.8. The van der Waals surface area contributed by atoms with Gasteiger partial charge in [-0.2, -0.15) is 13.2 Å². The minimum Gasteiger partial charge on any atom is -0.351 e. The summed E-state index contributed by atoms with van der Waals surface area (Å²) in [7, 11) is 0. The van der Waals surface area contributed by atoms with Crippen LogP contribution >= 0.6 is 12.2 Å². The Bertz CT molecular complexity index is 1430. The molecule has 4 aromatic rings. The summed E-state index contributed by atoms with van der Waals surface area (Å²) in [5, 5.41) is 3.98. The smallest absolute Gasteiger partial charge is 0.351 e. The fourth-order valence-electron chi connectivity index (χ4n) is 5.21. The first kappa shape index (κ1) is 25.0. The molecule has 3 heterocycles. The van der Waals surface area contributed by atoms with Crippen LogP contribution in [0.2, 0.25) is 0 Å². The maximum atomic E-state index is 13.9. The lowest BCUT2D eigenvalue weighted by atomic mass is 9.96. The number of nitrogens with one attached hydrogen (secondary N) is 1. The van der Waals surface area contributed by atoms with E-state index in [9.17, 15) is 13.2 Å². The molecule has 2 atom stereocenters. The van der Waals surface area contributed by atoms with E-state index in [1.165, 1.54) is 17.7 Å². The maximum Gasteiger partial charge on any atom is 0.418 e. The minimum absolute atomic E-state index is 0.109. The van der Waals surface area contributed by atoms with Crippen molar-refractivity contribution in [1.29, 1.82) is 0 Å². The van der Waals surface area contributed by atoms with Crippen LogP contribution in [0.1, 0.15) is 52.8 Å². The van der Waals surface area contributed by atoms with Crippen LogP contribution in [0, 0.1) is 13.8 Å². The van der Waals surface area contributed by atoms with E-state index < -0.39 is 11.7 Å². The fourth-order valence-corrected chi connectivity index (χ4v) is 5.55. The molecule has 2 aromatic carbocycles. The van der Waals surface area contributed by atoms with E-state index in [-0.39, 0.29) is 17.8 Å². The molecule has 2 aromatic heterocycles. The van der Waals surface area contributed by atoms with Gasteiger partial charge >= 0.3 is 6.18 Å². The molecule has 0 saturated carbocycles. The van der Waals surface area contributed by atoms with Gasteiger partial charge in [-0.1, -0.05) is 37.3 Å². The van der Waals surface area contributed by atoms with E-state index >= 15 is 0 Å². The Labute approximate surface area is 219 Å². The molecule has 1 fully saturated rings. The topological polar surface area (TPSA) is 33.1 Å². The van der Waals surface area contributed by atoms with E-state index in [2.05, 4.69) is 34.3 Å². The highest BCUT2D eigenvalue weighted by atomic mass is 32.1. The van der Waals surface area contributed by atoms with Crippen molar-refractivity contribution < 1.29 is 13.2 Å². The van der Waals surface area contributed by atoms with Crippen molar-refractivity contribution in [2.24, 2.45) is 0 Å². The predicted octanol–water partition coefficient (Wildman–Crippen LogP) is 7.25. The number of aromatic nitrogens is 2. The number of thiocarbonyl (C=S) groups is 1. The summed E-state index contributed by atoms with van der Waals surface area (Å²) in [5.41, 5.74) is 4.69. The van der Waals surface area contributed by atoms with Gasteiger partial charge in [-0.3, -0.25) is 4.98 Å². The van der Waals surface area contributed by atoms with Crippen molar-refractivity contribution in [3.05, 3.63) is 113 Å². The summed E-state index contributed by atoms with van der Waals surface area (Å²) in [6.07, 6.45) is -1.82. The largest absolute Gasteiger partial charge is 0.418 e. The number of alkyl halides is 3. The number of pyridine rings is 1. The van der Waals surface area contributed by atoms with Crippen LogP contribution in [0.4, 0.5) is 18.9 Å². The van der Waals surface area contributed by atoms with Crippen molar-refractivity contribution in [1.82, 2.24) is 14.9 Å². The molecule has 0 bridgehead atoms. The van der Waals surface area contributed by atoms with Gasteiger partial charge in [0.15, 0.2) is 5.11 Å². The number of rotatable bonds is 5. The summed E-state index contributed by atoms with van der Waals surface area (Å²) in [6, 6.07) is 21.0. The van der Waals surface area contributed by atoms with Crippen LogP contribution in [-0.2, 0) is 12.6 Å².